The second kappa shape index (κ2) is 10.6. The van der Waals surface area contributed by atoms with Gasteiger partial charge in [-0.3, -0.25) is 9.79 Å². The molecule has 0 saturated heterocycles. The summed E-state index contributed by atoms with van der Waals surface area (Å²) in [6.45, 7) is 8.93. The number of anilines is 1. The summed E-state index contributed by atoms with van der Waals surface area (Å²) in [7, 11) is 0. The molecule has 0 saturated carbocycles. The molecule has 0 aliphatic carbocycles. The van der Waals surface area contributed by atoms with Gasteiger partial charge in [-0.1, -0.05) is 31.2 Å². The molecular weight excluding hydrogens is 405 g/mol. The van der Waals surface area contributed by atoms with E-state index < -0.39 is 17.6 Å². The number of benzene rings is 1. The molecule has 1 aromatic heterocycles. The van der Waals surface area contributed by atoms with Crippen LogP contribution in [0.3, 0.4) is 0 Å². The van der Waals surface area contributed by atoms with Gasteiger partial charge in [-0.2, -0.15) is 13.2 Å². The molecule has 31 heavy (non-hydrogen) atoms. The van der Waals surface area contributed by atoms with Crippen LogP contribution in [-0.4, -0.2) is 17.1 Å². The van der Waals surface area contributed by atoms with Crippen molar-refractivity contribution in [1.29, 1.82) is 0 Å². The number of carbonyl (C=O) groups excluding carboxylic acids is 1. The molecule has 0 atom stereocenters. The molecule has 5 nitrogen and oxygen atoms in total. The van der Waals surface area contributed by atoms with Gasteiger partial charge in [-0.15, -0.1) is 0 Å². The Hall–Kier alpha value is -4.12. The topological polar surface area (TPSA) is 66.4 Å². The standard InChI is InChI=1S/C23H19F3N4O/c1-4-11-27-15-20(28-5-2)9-8-17-13-18(7-6-16(17)3)22(31)30-21-14-19(10-12-29-21)23(24,25)26/h4-7,10-15,28H,1-2H2,3H3,(H,29,30,31)/b20-15-,27-11+. The lowest BCUT2D eigenvalue weighted by Crippen LogP contribution is -2.14. The molecule has 0 radical (unpaired) electrons. The molecular formula is C23H19F3N4O. The fourth-order valence-corrected chi connectivity index (χ4v) is 2.29. The zero-order chi connectivity index (χ0) is 22.9. The fourth-order valence-electron chi connectivity index (χ4n) is 2.29. The number of nitrogens with zero attached hydrogens (tertiary/aromatic N) is 2. The number of allylic oxidation sites excluding steroid dienone is 2. The Morgan fingerprint density at radius 3 is 2.68 bits per heavy atom. The van der Waals surface area contributed by atoms with Gasteiger partial charge < -0.3 is 10.6 Å². The van der Waals surface area contributed by atoms with Crippen molar-refractivity contribution < 1.29 is 18.0 Å². The van der Waals surface area contributed by atoms with E-state index in [0.717, 1.165) is 23.9 Å². The molecule has 0 bridgehead atoms. The Bertz CT molecular complexity index is 1110. The number of rotatable bonds is 6. The number of hydrogen-bond acceptors (Lipinski definition) is 4. The molecule has 2 rings (SSSR count). The predicted molar refractivity (Wildman–Crippen MR) is 115 cm³/mol. The molecule has 8 heteroatoms. The van der Waals surface area contributed by atoms with Gasteiger partial charge in [0.05, 0.1) is 11.8 Å². The van der Waals surface area contributed by atoms with Crippen LogP contribution in [0.15, 0.2) is 78.9 Å². The third-order valence-corrected chi connectivity index (χ3v) is 3.81. The quantitative estimate of drug-likeness (QED) is 0.515. The van der Waals surface area contributed by atoms with Crippen molar-refractivity contribution in [3.8, 4) is 11.8 Å². The summed E-state index contributed by atoms with van der Waals surface area (Å²) in [5, 5.41) is 5.22. The smallest absolute Gasteiger partial charge is 0.354 e. The number of alkyl halides is 3. The number of carbonyl (C=O) groups is 1. The van der Waals surface area contributed by atoms with Crippen LogP contribution in [0.25, 0.3) is 0 Å². The maximum Gasteiger partial charge on any atom is 0.416 e. The monoisotopic (exact) mass is 424 g/mol. The Kier molecular flexibility index (Phi) is 7.92. The number of hydrogen-bond donors (Lipinski definition) is 2. The molecule has 1 aromatic carbocycles. The van der Waals surface area contributed by atoms with Crippen molar-refractivity contribution in [3.05, 3.63) is 96.1 Å². The first kappa shape index (κ1) is 23.2. The summed E-state index contributed by atoms with van der Waals surface area (Å²) >= 11 is 0. The van der Waals surface area contributed by atoms with E-state index in [-0.39, 0.29) is 11.4 Å². The van der Waals surface area contributed by atoms with Crippen molar-refractivity contribution >= 4 is 17.9 Å². The van der Waals surface area contributed by atoms with Gasteiger partial charge in [0, 0.05) is 23.5 Å². The minimum Gasteiger partial charge on any atom is -0.354 e. The maximum atomic E-state index is 12.8. The summed E-state index contributed by atoms with van der Waals surface area (Å²) in [6.07, 6.45) is 2.39. The normalized spacial score (nSPS) is 11.4. The van der Waals surface area contributed by atoms with Crippen molar-refractivity contribution in [2.45, 2.75) is 13.1 Å². The molecule has 158 valence electrons. The van der Waals surface area contributed by atoms with Crippen molar-refractivity contribution in [2.75, 3.05) is 5.32 Å². The van der Waals surface area contributed by atoms with Crippen LogP contribution in [0.4, 0.5) is 19.0 Å². The van der Waals surface area contributed by atoms with Gasteiger partial charge in [-0.05, 0) is 48.9 Å². The highest BCUT2D eigenvalue weighted by Crippen LogP contribution is 2.30. The van der Waals surface area contributed by atoms with Crippen LogP contribution < -0.4 is 10.6 Å². The van der Waals surface area contributed by atoms with E-state index in [9.17, 15) is 18.0 Å². The predicted octanol–water partition coefficient (Wildman–Crippen LogP) is 4.84. The number of aryl methyl sites for hydroxylation is 1. The minimum atomic E-state index is -4.53. The summed E-state index contributed by atoms with van der Waals surface area (Å²) in [5.41, 5.74) is 1.17. The molecule has 2 aromatic rings. The number of aliphatic imine (C=N–C) groups is 1. The lowest BCUT2D eigenvalue weighted by molar-refractivity contribution is -0.137. The van der Waals surface area contributed by atoms with Gasteiger partial charge >= 0.3 is 6.18 Å². The molecule has 0 spiro atoms. The summed E-state index contributed by atoms with van der Waals surface area (Å²) in [4.78, 5) is 20.3. The van der Waals surface area contributed by atoms with E-state index in [1.54, 1.807) is 18.2 Å². The Morgan fingerprint density at radius 1 is 1.23 bits per heavy atom. The van der Waals surface area contributed by atoms with Gasteiger partial charge in [-0.25, -0.2) is 4.98 Å². The van der Waals surface area contributed by atoms with Crippen molar-refractivity contribution in [1.82, 2.24) is 10.3 Å². The summed E-state index contributed by atoms with van der Waals surface area (Å²) < 4.78 is 38.5. The highest BCUT2D eigenvalue weighted by molar-refractivity contribution is 6.04. The van der Waals surface area contributed by atoms with Gasteiger partial charge in [0.25, 0.3) is 5.91 Å². The number of nitrogens with one attached hydrogen (secondary N) is 2. The largest absolute Gasteiger partial charge is 0.416 e. The fraction of sp³-hybridized carbons (Fsp3) is 0.0870. The van der Waals surface area contributed by atoms with Crippen LogP contribution >= 0.6 is 0 Å². The van der Waals surface area contributed by atoms with Gasteiger partial charge in [0.1, 0.15) is 11.5 Å². The number of pyridine rings is 1. The number of aromatic nitrogens is 1. The summed E-state index contributed by atoms with van der Waals surface area (Å²) in [6, 6.07) is 6.39. The summed E-state index contributed by atoms with van der Waals surface area (Å²) in [5.74, 6) is 5.02. The molecule has 0 fully saturated rings. The molecule has 1 amide bonds. The second-order valence-corrected chi connectivity index (χ2v) is 6.09. The first-order valence-electron chi connectivity index (χ1n) is 8.93. The van der Waals surface area contributed by atoms with Crippen LogP contribution in [0.2, 0.25) is 0 Å². The highest BCUT2D eigenvalue weighted by atomic mass is 19.4. The van der Waals surface area contributed by atoms with Crippen molar-refractivity contribution in [2.24, 2.45) is 4.99 Å². The van der Waals surface area contributed by atoms with E-state index in [0.29, 0.717) is 11.3 Å². The van der Waals surface area contributed by atoms with E-state index >= 15 is 0 Å². The third-order valence-electron chi connectivity index (χ3n) is 3.81. The Morgan fingerprint density at radius 2 is 2.00 bits per heavy atom. The average molecular weight is 424 g/mol. The molecule has 0 unspecified atom stereocenters. The van der Waals surface area contributed by atoms with Crippen molar-refractivity contribution in [3.63, 3.8) is 0 Å². The van der Waals surface area contributed by atoms with Crippen LogP contribution in [0, 0.1) is 18.8 Å². The van der Waals surface area contributed by atoms with Gasteiger partial charge in [0.15, 0.2) is 0 Å². The van der Waals surface area contributed by atoms with Crippen LogP contribution in [-0.2, 0) is 6.18 Å². The Balaban J connectivity index is 2.28. The van der Waals surface area contributed by atoms with E-state index in [4.69, 9.17) is 0 Å². The minimum absolute atomic E-state index is 0.200. The van der Waals surface area contributed by atoms with Crippen LogP contribution in [0.5, 0.6) is 0 Å². The SMILES string of the molecule is C=C/C=N/C=C(/C#Cc1cc(C(=O)Nc2cc(C(F)(F)F)ccn2)ccc1C)NC=C. The molecule has 2 N–H and O–H groups in total. The maximum absolute atomic E-state index is 12.8. The molecule has 0 aliphatic heterocycles. The van der Waals surface area contributed by atoms with E-state index in [2.05, 4.69) is 45.6 Å². The number of halogens is 3. The third kappa shape index (κ3) is 7.01. The van der Waals surface area contributed by atoms with E-state index in [1.165, 1.54) is 24.7 Å². The number of amides is 1. The lowest BCUT2D eigenvalue weighted by atomic mass is 10.0. The lowest BCUT2D eigenvalue weighted by Gasteiger charge is -2.09. The molecule has 1 heterocycles. The van der Waals surface area contributed by atoms with Crippen LogP contribution in [0.1, 0.15) is 27.0 Å². The second-order valence-electron chi connectivity index (χ2n) is 6.09. The Labute approximate surface area is 178 Å². The first-order valence-corrected chi connectivity index (χ1v) is 8.93. The highest BCUT2D eigenvalue weighted by Gasteiger charge is 2.30. The van der Waals surface area contributed by atoms with E-state index in [1.807, 2.05) is 6.92 Å². The first-order chi connectivity index (χ1) is 14.7. The average Bonchev–Trinajstić information content (AvgIpc) is 2.72. The zero-order valence-corrected chi connectivity index (χ0v) is 16.6. The van der Waals surface area contributed by atoms with Gasteiger partial charge in [0.2, 0.25) is 0 Å². The zero-order valence-electron chi connectivity index (χ0n) is 16.6. The molecule has 0 aliphatic rings.